The van der Waals surface area contributed by atoms with Crippen LogP contribution in [0, 0.1) is 0 Å². The molecule has 0 aliphatic heterocycles. The van der Waals surface area contributed by atoms with Gasteiger partial charge in [-0.15, -0.1) is 11.8 Å². The molecule has 0 spiro atoms. The molecule has 0 aliphatic carbocycles. The normalized spacial score (nSPS) is 12.7. The third-order valence-corrected chi connectivity index (χ3v) is 2.45. The van der Waals surface area contributed by atoms with E-state index in [4.69, 9.17) is 5.73 Å². The van der Waals surface area contributed by atoms with Crippen molar-refractivity contribution in [1.29, 1.82) is 0 Å². The lowest BCUT2D eigenvalue weighted by atomic mass is 10.4. The van der Waals surface area contributed by atoms with Crippen molar-refractivity contribution in [3.05, 3.63) is 0 Å². The highest BCUT2D eigenvalue weighted by Crippen LogP contribution is 2.10. The number of amides is 1. The number of rotatable bonds is 4. The molecule has 0 saturated carbocycles. The number of nitrogens with two attached hydrogens (primary N) is 1. The van der Waals surface area contributed by atoms with Crippen LogP contribution in [0.25, 0.3) is 0 Å². The van der Waals surface area contributed by atoms with Gasteiger partial charge in [0.2, 0.25) is 5.91 Å². The number of hydrogen-bond donors (Lipinski definition) is 1. The molecular formula is C7H16N2OS. The number of carbonyl (C=O) groups is 1. The first-order chi connectivity index (χ1) is 5.09. The van der Waals surface area contributed by atoms with Crippen LogP contribution in [0.4, 0.5) is 0 Å². The molecule has 1 atom stereocenters. The summed E-state index contributed by atoms with van der Waals surface area (Å²) in [7, 11) is 3.53. The van der Waals surface area contributed by atoms with Gasteiger partial charge in [-0.2, -0.15) is 0 Å². The summed E-state index contributed by atoms with van der Waals surface area (Å²) in [5.74, 6) is 1.00. The number of thioether (sulfide) groups is 1. The Kier molecular flexibility index (Phi) is 5.32. The molecule has 66 valence electrons. The van der Waals surface area contributed by atoms with Crippen LogP contribution in [0.5, 0.6) is 0 Å². The molecule has 1 unspecified atom stereocenters. The summed E-state index contributed by atoms with van der Waals surface area (Å²) in [6.07, 6.45) is 0. The molecule has 0 aliphatic rings. The van der Waals surface area contributed by atoms with E-state index in [0.29, 0.717) is 6.54 Å². The Bertz CT molecular complexity index is 128. The van der Waals surface area contributed by atoms with Crippen molar-refractivity contribution in [1.82, 2.24) is 4.90 Å². The summed E-state index contributed by atoms with van der Waals surface area (Å²) in [5, 5.41) is 0.0357. The van der Waals surface area contributed by atoms with Crippen LogP contribution in [-0.2, 0) is 4.79 Å². The molecule has 0 aromatic rings. The maximum atomic E-state index is 11.2. The van der Waals surface area contributed by atoms with E-state index in [2.05, 4.69) is 0 Å². The van der Waals surface area contributed by atoms with Gasteiger partial charge in [0.25, 0.3) is 0 Å². The first kappa shape index (κ1) is 10.8. The van der Waals surface area contributed by atoms with Gasteiger partial charge in [0.05, 0.1) is 5.25 Å². The highest BCUT2D eigenvalue weighted by atomic mass is 32.2. The molecule has 0 aromatic carbocycles. The van der Waals surface area contributed by atoms with Crippen LogP contribution in [-0.4, -0.2) is 42.4 Å². The van der Waals surface area contributed by atoms with Gasteiger partial charge in [0, 0.05) is 26.4 Å². The molecule has 0 fully saturated rings. The van der Waals surface area contributed by atoms with E-state index in [9.17, 15) is 4.79 Å². The highest BCUT2D eigenvalue weighted by Gasteiger charge is 2.13. The Labute approximate surface area is 72.3 Å². The number of carbonyl (C=O) groups excluding carboxylic acids is 1. The Morgan fingerprint density at radius 2 is 2.18 bits per heavy atom. The first-order valence-corrected chi connectivity index (χ1v) is 4.67. The van der Waals surface area contributed by atoms with Crippen LogP contribution in [0.3, 0.4) is 0 Å². The van der Waals surface area contributed by atoms with E-state index in [1.807, 2.05) is 6.92 Å². The monoisotopic (exact) mass is 176 g/mol. The summed E-state index contributed by atoms with van der Waals surface area (Å²) in [4.78, 5) is 12.8. The molecule has 0 heterocycles. The van der Waals surface area contributed by atoms with Crippen molar-refractivity contribution in [3.63, 3.8) is 0 Å². The second kappa shape index (κ2) is 5.43. The summed E-state index contributed by atoms with van der Waals surface area (Å²) in [6, 6.07) is 0. The predicted molar refractivity (Wildman–Crippen MR) is 49.7 cm³/mol. The minimum Gasteiger partial charge on any atom is -0.348 e. The van der Waals surface area contributed by atoms with E-state index in [0.717, 1.165) is 5.75 Å². The Morgan fingerprint density at radius 3 is 2.55 bits per heavy atom. The standard InChI is InChI=1S/C7H16N2OS/c1-6(11-5-4-8)7(10)9(2)3/h6H,4-5,8H2,1-3H3. The van der Waals surface area contributed by atoms with Crippen molar-refractivity contribution in [2.45, 2.75) is 12.2 Å². The van der Waals surface area contributed by atoms with Crippen molar-refractivity contribution < 1.29 is 4.79 Å². The molecule has 0 aromatic heterocycles. The van der Waals surface area contributed by atoms with Crippen LogP contribution in [0.15, 0.2) is 0 Å². The Hall–Kier alpha value is -0.220. The fourth-order valence-electron chi connectivity index (χ4n) is 0.680. The third kappa shape index (κ3) is 4.27. The maximum absolute atomic E-state index is 11.2. The third-order valence-electron chi connectivity index (χ3n) is 1.27. The Morgan fingerprint density at radius 1 is 1.64 bits per heavy atom. The lowest BCUT2D eigenvalue weighted by Crippen LogP contribution is -2.30. The summed E-state index contributed by atoms with van der Waals surface area (Å²) >= 11 is 1.60. The maximum Gasteiger partial charge on any atom is 0.234 e. The number of hydrogen-bond acceptors (Lipinski definition) is 3. The topological polar surface area (TPSA) is 46.3 Å². The van der Waals surface area contributed by atoms with Gasteiger partial charge in [-0.1, -0.05) is 0 Å². The largest absolute Gasteiger partial charge is 0.348 e. The average molecular weight is 176 g/mol. The Balaban J connectivity index is 3.64. The zero-order chi connectivity index (χ0) is 8.85. The van der Waals surface area contributed by atoms with Gasteiger partial charge in [-0.25, -0.2) is 0 Å². The molecule has 0 saturated heterocycles. The van der Waals surface area contributed by atoms with E-state index < -0.39 is 0 Å². The van der Waals surface area contributed by atoms with E-state index in [1.165, 1.54) is 0 Å². The van der Waals surface area contributed by atoms with Crippen LogP contribution >= 0.6 is 11.8 Å². The molecule has 4 heteroatoms. The predicted octanol–water partition coefficient (Wildman–Crippen LogP) is 0.155. The minimum absolute atomic E-state index is 0.0357. The van der Waals surface area contributed by atoms with Gasteiger partial charge in [-0.05, 0) is 6.92 Å². The van der Waals surface area contributed by atoms with Gasteiger partial charge in [0.1, 0.15) is 0 Å². The first-order valence-electron chi connectivity index (χ1n) is 3.62. The van der Waals surface area contributed by atoms with E-state index in [1.54, 1.807) is 30.8 Å². The van der Waals surface area contributed by atoms with Crippen LogP contribution in [0.2, 0.25) is 0 Å². The molecule has 0 bridgehead atoms. The molecule has 2 N–H and O–H groups in total. The average Bonchev–Trinajstić information content (AvgIpc) is 1.98. The van der Waals surface area contributed by atoms with E-state index in [-0.39, 0.29) is 11.2 Å². The van der Waals surface area contributed by atoms with Crippen molar-refractivity contribution in [2.24, 2.45) is 5.73 Å². The van der Waals surface area contributed by atoms with Gasteiger partial charge >= 0.3 is 0 Å². The fraction of sp³-hybridized carbons (Fsp3) is 0.857. The smallest absolute Gasteiger partial charge is 0.234 e. The molecule has 0 radical (unpaired) electrons. The van der Waals surface area contributed by atoms with Gasteiger partial charge < -0.3 is 10.6 Å². The van der Waals surface area contributed by atoms with Crippen LogP contribution < -0.4 is 5.73 Å². The zero-order valence-corrected chi connectivity index (χ0v) is 8.15. The zero-order valence-electron chi connectivity index (χ0n) is 7.33. The molecule has 0 rings (SSSR count). The molecular weight excluding hydrogens is 160 g/mol. The molecule has 3 nitrogen and oxygen atoms in total. The summed E-state index contributed by atoms with van der Waals surface area (Å²) in [5.41, 5.74) is 5.31. The molecule has 1 amide bonds. The van der Waals surface area contributed by atoms with Crippen molar-refractivity contribution in [3.8, 4) is 0 Å². The van der Waals surface area contributed by atoms with Crippen molar-refractivity contribution in [2.75, 3.05) is 26.4 Å². The molecule has 11 heavy (non-hydrogen) atoms. The fourth-order valence-corrected chi connectivity index (χ4v) is 1.52. The highest BCUT2D eigenvalue weighted by molar-refractivity contribution is 8.00. The lowest BCUT2D eigenvalue weighted by Gasteiger charge is -2.15. The number of nitrogens with zero attached hydrogens (tertiary/aromatic N) is 1. The van der Waals surface area contributed by atoms with Crippen LogP contribution in [0.1, 0.15) is 6.92 Å². The van der Waals surface area contributed by atoms with Gasteiger partial charge in [-0.3, -0.25) is 4.79 Å². The van der Waals surface area contributed by atoms with E-state index >= 15 is 0 Å². The lowest BCUT2D eigenvalue weighted by molar-refractivity contribution is -0.127. The SMILES string of the molecule is CC(SCCN)C(=O)N(C)C. The minimum atomic E-state index is 0.0357. The summed E-state index contributed by atoms with van der Waals surface area (Å²) in [6.45, 7) is 2.54. The summed E-state index contributed by atoms with van der Waals surface area (Å²) < 4.78 is 0. The van der Waals surface area contributed by atoms with Crippen molar-refractivity contribution >= 4 is 17.7 Å². The second-order valence-electron chi connectivity index (χ2n) is 2.53. The quantitative estimate of drug-likeness (QED) is 0.663. The van der Waals surface area contributed by atoms with Gasteiger partial charge in [0.15, 0.2) is 0 Å². The second-order valence-corrected chi connectivity index (χ2v) is 3.98.